The molecule has 1 N–H and O–H groups in total. The summed E-state index contributed by atoms with van der Waals surface area (Å²) in [6.45, 7) is 5.74. The van der Waals surface area contributed by atoms with Crippen LogP contribution in [0.3, 0.4) is 0 Å². The molecule has 0 atom stereocenters. The van der Waals surface area contributed by atoms with Crippen molar-refractivity contribution < 1.29 is 23.9 Å². The second-order valence-electron chi connectivity index (χ2n) is 6.84. The first kappa shape index (κ1) is 17.5. The predicted molar refractivity (Wildman–Crippen MR) is 80.9 cm³/mol. The average Bonchev–Trinajstić information content (AvgIpc) is 3.11. The van der Waals surface area contributed by atoms with E-state index in [-0.39, 0.29) is 19.6 Å². The molecule has 0 spiro atoms. The molecule has 1 heterocycles. The maximum atomic E-state index is 12.0. The normalized spacial score (nSPS) is 20.3. The number of alkyl carbamates (subject to hydrolysis) is 1. The molecule has 2 rings (SSSR count). The Hall–Kier alpha value is -1.83. The van der Waals surface area contributed by atoms with Crippen molar-refractivity contribution in [2.24, 2.45) is 0 Å². The molecule has 4 amide bonds. The van der Waals surface area contributed by atoms with Gasteiger partial charge in [-0.2, -0.15) is 0 Å². The smallest absolute Gasteiger partial charge is 0.408 e. The predicted octanol–water partition coefficient (Wildman–Crippen LogP) is 1.07. The van der Waals surface area contributed by atoms with Gasteiger partial charge in [-0.25, -0.2) is 4.79 Å². The fourth-order valence-corrected chi connectivity index (χ4v) is 2.51. The minimum absolute atomic E-state index is 0.0510. The average molecular weight is 346 g/mol. The number of carbonyl (C=O) groups is 4. The van der Waals surface area contributed by atoms with E-state index in [1.165, 1.54) is 4.90 Å². The molecule has 128 valence electrons. The summed E-state index contributed by atoms with van der Waals surface area (Å²) in [5, 5.41) is 1.81. The largest absolute Gasteiger partial charge is 0.444 e. The molecule has 0 radical (unpaired) electrons. The van der Waals surface area contributed by atoms with Crippen molar-refractivity contribution in [2.75, 3.05) is 19.6 Å². The van der Waals surface area contributed by atoms with Gasteiger partial charge in [0.05, 0.1) is 5.54 Å². The molecule has 1 aliphatic heterocycles. The van der Waals surface area contributed by atoms with E-state index in [2.05, 4.69) is 5.32 Å². The molecule has 9 heteroatoms. The zero-order valence-corrected chi connectivity index (χ0v) is 14.1. The summed E-state index contributed by atoms with van der Waals surface area (Å²) in [5.74, 6) is -1.73. The molecule has 0 unspecified atom stereocenters. The fraction of sp³-hybridized carbons (Fsp3) is 0.714. The highest BCUT2D eigenvalue weighted by molar-refractivity contribution is 6.65. The number of imide groups is 1. The monoisotopic (exact) mass is 345 g/mol. The van der Waals surface area contributed by atoms with Crippen LogP contribution in [0.1, 0.15) is 33.6 Å². The third-order valence-electron chi connectivity index (χ3n) is 3.63. The lowest BCUT2D eigenvalue weighted by Gasteiger charge is -2.34. The van der Waals surface area contributed by atoms with E-state index in [0.717, 1.165) is 0 Å². The Morgan fingerprint density at radius 2 is 1.83 bits per heavy atom. The highest BCUT2D eigenvalue weighted by Crippen LogP contribution is 2.37. The lowest BCUT2D eigenvalue weighted by Crippen LogP contribution is -2.58. The molecule has 0 bridgehead atoms. The number of hydrogen-bond donors (Lipinski definition) is 1. The Kier molecular flexibility index (Phi) is 4.57. The van der Waals surface area contributed by atoms with Crippen LogP contribution in [0.15, 0.2) is 0 Å². The van der Waals surface area contributed by atoms with Gasteiger partial charge in [-0.15, -0.1) is 0 Å². The van der Waals surface area contributed by atoms with Crippen molar-refractivity contribution in [1.82, 2.24) is 15.1 Å². The quantitative estimate of drug-likeness (QED) is 0.469. The Bertz CT molecular complexity index is 553. The highest BCUT2D eigenvalue weighted by Gasteiger charge is 2.49. The van der Waals surface area contributed by atoms with Crippen LogP contribution in [0.25, 0.3) is 0 Å². The van der Waals surface area contributed by atoms with Crippen LogP contribution in [-0.2, 0) is 14.3 Å². The Morgan fingerprint density at radius 3 is 2.30 bits per heavy atom. The van der Waals surface area contributed by atoms with Gasteiger partial charge in [0.15, 0.2) is 0 Å². The Balaban J connectivity index is 1.94. The molecule has 0 aromatic rings. The van der Waals surface area contributed by atoms with Crippen LogP contribution in [0.4, 0.5) is 9.59 Å². The number of rotatable bonds is 3. The summed E-state index contributed by atoms with van der Waals surface area (Å²) in [5.41, 5.74) is -1.18. The maximum absolute atomic E-state index is 12.0. The lowest BCUT2D eigenvalue weighted by molar-refractivity contribution is -0.153. The Labute approximate surface area is 139 Å². The van der Waals surface area contributed by atoms with E-state index >= 15 is 0 Å². The van der Waals surface area contributed by atoms with Crippen molar-refractivity contribution in [2.45, 2.75) is 44.8 Å². The van der Waals surface area contributed by atoms with Crippen molar-refractivity contribution in [3.8, 4) is 0 Å². The SMILES string of the molecule is CC(C)(C)OC(=O)NC1(CN2CCN(C(=O)Cl)C(=O)C2=O)CC1. The number of nitrogens with zero attached hydrogens (tertiary/aromatic N) is 2. The first-order valence-corrected chi connectivity index (χ1v) is 7.72. The molecular weight excluding hydrogens is 326 g/mol. The second-order valence-corrected chi connectivity index (χ2v) is 7.17. The number of ether oxygens (including phenoxy) is 1. The van der Waals surface area contributed by atoms with Gasteiger partial charge >= 0.3 is 23.3 Å². The molecule has 2 fully saturated rings. The van der Waals surface area contributed by atoms with Crippen molar-refractivity contribution in [1.29, 1.82) is 0 Å². The molecule has 0 aromatic carbocycles. The minimum Gasteiger partial charge on any atom is -0.444 e. The topological polar surface area (TPSA) is 96.0 Å². The van der Waals surface area contributed by atoms with Gasteiger partial charge in [-0.1, -0.05) is 0 Å². The molecule has 2 aliphatic rings. The van der Waals surface area contributed by atoms with Crippen molar-refractivity contribution >= 4 is 34.9 Å². The van der Waals surface area contributed by atoms with Gasteiger partial charge < -0.3 is 15.0 Å². The maximum Gasteiger partial charge on any atom is 0.408 e. The second kappa shape index (κ2) is 5.99. The molecule has 8 nitrogen and oxygen atoms in total. The van der Waals surface area contributed by atoms with E-state index < -0.39 is 34.4 Å². The molecule has 1 saturated carbocycles. The van der Waals surface area contributed by atoms with Crippen LogP contribution in [0.5, 0.6) is 0 Å². The van der Waals surface area contributed by atoms with Crippen LogP contribution in [-0.4, -0.2) is 63.8 Å². The van der Waals surface area contributed by atoms with E-state index in [1.54, 1.807) is 20.8 Å². The van der Waals surface area contributed by atoms with Crippen molar-refractivity contribution in [3.05, 3.63) is 0 Å². The molecular formula is C14H20ClN3O5. The van der Waals surface area contributed by atoms with Gasteiger partial charge in [0.2, 0.25) is 0 Å². The third kappa shape index (κ3) is 4.34. The standard InChI is InChI=1S/C14H20ClN3O5/c1-13(2,3)23-12(22)16-14(4-5-14)8-17-6-7-18(11(15)21)10(20)9(17)19/h4-8H2,1-3H3,(H,16,22). The summed E-state index contributed by atoms with van der Waals surface area (Å²) in [4.78, 5) is 48.8. The van der Waals surface area contributed by atoms with Gasteiger partial charge in [0.1, 0.15) is 5.60 Å². The number of halogens is 1. The van der Waals surface area contributed by atoms with E-state index in [4.69, 9.17) is 16.3 Å². The van der Waals surface area contributed by atoms with Gasteiger partial charge in [0, 0.05) is 19.6 Å². The number of amides is 4. The summed E-state index contributed by atoms with van der Waals surface area (Å²) in [6.07, 6.45) is 0.841. The van der Waals surface area contributed by atoms with Crippen molar-refractivity contribution in [3.63, 3.8) is 0 Å². The number of hydrogen-bond acceptors (Lipinski definition) is 5. The highest BCUT2D eigenvalue weighted by atomic mass is 35.5. The zero-order valence-electron chi connectivity index (χ0n) is 13.3. The molecule has 23 heavy (non-hydrogen) atoms. The molecule has 1 saturated heterocycles. The van der Waals surface area contributed by atoms with E-state index in [0.29, 0.717) is 17.7 Å². The number of nitrogens with one attached hydrogen (secondary N) is 1. The third-order valence-corrected chi connectivity index (χ3v) is 3.84. The minimum atomic E-state index is -0.962. The van der Waals surface area contributed by atoms with Crippen LogP contribution in [0.2, 0.25) is 0 Å². The zero-order chi connectivity index (χ0) is 17.4. The van der Waals surface area contributed by atoms with E-state index in [9.17, 15) is 19.2 Å². The van der Waals surface area contributed by atoms with Gasteiger partial charge in [-0.05, 0) is 45.2 Å². The summed E-state index contributed by atoms with van der Waals surface area (Å²) in [6, 6.07) is 0. The van der Waals surface area contributed by atoms with Gasteiger partial charge in [-0.3, -0.25) is 19.3 Å². The molecule has 0 aromatic heterocycles. The van der Waals surface area contributed by atoms with Crippen LogP contribution < -0.4 is 5.32 Å². The first-order chi connectivity index (χ1) is 10.5. The fourth-order valence-electron chi connectivity index (χ4n) is 2.35. The van der Waals surface area contributed by atoms with Crippen LogP contribution >= 0.6 is 11.6 Å². The summed E-state index contributed by atoms with van der Waals surface area (Å²) in [7, 11) is 0. The number of carbonyl (C=O) groups excluding carboxylic acids is 4. The molecule has 1 aliphatic carbocycles. The van der Waals surface area contributed by atoms with Crippen LogP contribution in [0, 0.1) is 0 Å². The number of piperazine rings is 1. The summed E-state index contributed by atoms with van der Waals surface area (Å²) >= 11 is 5.26. The first-order valence-electron chi connectivity index (χ1n) is 7.34. The summed E-state index contributed by atoms with van der Waals surface area (Å²) < 4.78 is 5.21. The Morgan fingerprint density at radius 1 is 1.22 bits per heavy atom. The van der Waals surface area contributed by atoms with Gasteiger partial charge in [0.25, 0.3) is 0 Å². The van der Waals surface area contributed by atoms with E-state index in [1.807, 2.05) is 0 Å². The lowest BCUT2D eigenvalue weighted by atomic mass is 10.2.